The lowest BCUT2D eigenvalue weighted by Crippen LogP contribution is -2.24. The smallest absolute Gasteiger partial charge is 0.265 e. The first-order chi connectivity index (χ1) is 12.9. The van der Waals surface area contributed by atoms with Gasteiger partial charge in [0.1, 0.15) is 11.5 Å². The van der Waals surface area contributed by atoms with Crippen molar-refractivity contribution >= 4 is 44.8 Å². The number of benzene rings is 2. The molecule has 0 unspecified atom stereocenters. The van der Waals surface area contributed by atoms with E-state index in [1.807, 2.05) is 6.92 Å². The Morgan fingerprint density at radius 3 is 2.56 bits per heavy atom. The molecule has 0 saturated heterocycles. The van der Waals surface area contributed by atoms with Crippen LogP contribution in [0.4, 0.5) is 4.39 Å². The van der Waals surface area contributed by atoms with Gasteiger partial charge in [0.15, 0.2) is 5.52 Å². The second-order valence-corrected chi connectivity index (χ2v) is 7.99. The van der Waals surface area contributed by atoms with Crippen molar-refractivity contribution in [2.75, 3.05) is 0 Å². The van der Waals surface area contributed by atoms with Crippen LogP contribution in [0.2, 0.25) is 10.0 Å². The van der Waals surface area contributed by atoms with Gasteiger partial charge in [-0.1, -0.05) is 29.3 Å². The molecule has 0 bridgehead atoms. The molecule has 0 radical (unpaired) electrons. The van der Waals surface area contributed by atoms with E-state index >= 15 is 0 Å². The minimum atomic E-state index is -0.334. The lowest BCUT2D eigenvalue weighted by atomic mass is 10.1. The summed E-state index contributed by atoms with van der Waals surface area (Å²) in [5.74, 6) is -0.334. The van der Waals surface area contributed by atoms with Gasteiger partial charge in [-0.2, -0.15) is 5.10 Å². The van der Waals surface area contributed by atoms with Crippen molar-refractivity contribution in [2.45, 2.75) is 13.5 Å². The first kappa shape index (κ1) is 18.1. The summed E-state index contributed by atoms with van der Waals surface area (Å²) in [5, 5.41) is 6.15. The van der Waals surface area contributed by atoms with Crippen LogP contribution in [0.1, 0.15) is 10.6 Å². The van der Waals surface area contributed by atoms with Gasteiger partial charge < -0.3 is 0 Å². The Bertz CT molecular complexity index is 1220. The van der Waals surface area contributed by atoms with Crippen LogP contribution in [0, 0.1) is 12.7 Å². The third-order valence-electron chi connectivity index (χ3n) is 4.04. The molecule has 8 heteroatoms. The average molecular weight is 420 g/mol. The van der Waals surface area contributed by atoms with Gasteiger partial charge in [0.25, 0.3) is 5.56 Å². The minimum Gasteiger partial charge on any atom is -0.265 e. The molecule has 4 rings (SSSR count). The molecule has 0 atom stereocenters. The number of hydrogen-bond donors (Lipinski definition) is 0. The maximum atomic E-state index is 13.3. The second kappa shape index (κ2) is 7.03. The number of fused-ring (bicyclic) bond motifs is 1. The van der Waals surface area contributed by atoms with Gasteiger partial charge in [-0.05, 0) is 48.9 Å². The number of thiazole rings is 1. The Labute approximate surface area is 167 Å². The number of halogens is 3. The molecule has 4 nitrogen and oxygen atoms in total. The molecule has 2 heterocycles. The predicted octanol–water partition coefficient (Wildman–Crippen LogP) is 5.32. The van der Waals surface area contributed by atoms with Gasteiger partial charge >= 0.3 is 0 Å². The van der Waals surface area contributed by atoms with Crippen LogP contribution >= 0.6 is 34.5 Å². The van der Waals surface area contributed by atoms with E-state index in [1.54, 1.807) is 30.3 Å². The summed E-state index contributed by atoms with van der Waals surface area (Å²) in [5.41, 5.74) is 2.16. The summed E-state index contributed by atoms with van der Waals surface area (Å²) >= 11 is 13.4. The van der Waals surface area contributed by atoms with E-state index in [9.17, 15) is 9.18 Å². The molecule has 0 N–H and O–H groups in total. The molecular weight excluding hydrogens is 408 g/mol. The highest BCUT2D eigenvalue weighted by molar-refractivity contribution is 7.19. The highest BCUT2D eigenvalue weighted by Gasteiger charge is 2.17. The van der Waals surface area contributed by atoms with Crippen molar-refractivity contribution in [1.82, 2.24) is 14.8 Å². The summed E-state index contributed by atoms with van der Waals surface area (Å²) in [6, 6.07) is 11.2. The molecule has 136 valence electrons. The molecule has 0 amide bonds. The molecule has 0 fully saturated rings. The number of nitrogens with zero attached hydrogens (tertiary/aromatic N) is 3. The SMILES string of the molecule is Cc1nc2c(=O)n(Cc3ccc(Cl)c(Cl)c3)nc(-c3ccc(F)cc3)c2s1. The lowest BCUT2D eigenvalue weighted by molar-refractivity contribution is 0.627. The summed E-state index contributed by atoms with van der Waals surface area (Å²) in [6.07, 6.45) is 0. The summed E-state index contributed by atoms with van der Waals surface area (Å²) in [4.78, 5) is 17.2. The Balaban J connectivity index is 1.90. The van der Waals surface area contributed by atoms with E-state index in [4.69, 9.17) is 23.2 Å². The molecule has 0 aliphatic rings. The Morgan fingerprint density at radius 2 is 1.85 bits per heavy atom. The van der Waals surface area contributed by atoms with E-state index in [1.165, 1.54) is 28.2 Å². The molecule has 27 heavy (non-hydrogen) atoms. The highest BCUT2D eigenvalue weighted by Crippen LogP contribution is 2.30. The summed E-state index contributed by atoms with van der Waals surface area (Å²) in [6.45, 7) is 2.05. The molecular formula is C19H12Cl2FN3OS. The molecule has 4 aromatic rings. The normalized spacial score (nSPS) is 11.3. The monoisotopic (exact) mass is 419 g/mol. The van der Waals surface area contributed by atoms with Crippen molar-refractivity contribution in [3.8, 4) is 11.3 Å². The fourth-order valence-electron chi connectivity index (χ4n) is 2.78. The zero-order chi connectivity index (χ0) is 19.1. The fourth-order valence-corrected chi connectivity index (χ4v) is 4.02. The first-order valence-electron chi connectivity index (χ1n) is 8.00. The molecule has 0 aliphatic carbocycles. The topological polar surface area (TPSA) is 47.8 Å². The molecule has 0 aliphatic heterocycles. The van der Waals surface area contributed by atoms with Crippen LogP contribution in [0.5, 0.6) is 0 Å². The Morgan fingerprint density at radius 1 is 1.11 bits per heavy atom. The van der Waals surface area contributed by atoms with Crippen molar-refractivity contribution in [3.05, 3.63) is 79.3 Å². The van der Waals surface area contributed by atoms with Crippen LogP contribution < -0.4 is 5.56 Å². The highest BCUT2D eigenvalue weighted by atomic mass is 35.5. The van der Waals surface area contributed by atoms with Gasteiger partial charge in [0.2, 0.25) is 0 Å². The molecule has 0 saturated carbocycles. The average Bonchev–Trinajstić information content (AvgIpc) is 3.03. The zero-order valence-electron chi connectivity index (χ0n) is 14.0. The minimum absolute atomic E-state index is 0.219. The lowest BCUT2D eigenvalue weighted by Gasteiger charge is -2.09. The maximum absolute atomic E-state index is 13.3. The quantitative estimate of drug-likeness (QED) is 0.451. The van der Waals surface area contributed by atoms with Crippen molar-refractivity contribution in [1.29, 1.82) is 0 Å². The third-order valence-corrected chi connectivity index (χ3v) is 5.76. The largest absolute Gasteiger partial charge is 0.294 e. The van der Waals surface area contributed by atoms with E-state index < -0.39 is 0 Å². The van der Waals surface area contributed by atoms with Crippen LogP contribution in [0.3, 0.4) is 0 Å². The number of aromatic nitrogens is 3. The van der Waals surface area contributed by atoms with E-state index in [-0.39, 0.29) is 17.9 Å². The van der Waals surface area contributed by atoms with Crippen LogP contribution in [0.15, 0.2) is 47.3 Å². The van der Waals surface area contributed by atoms with E-state index in [0.29, 0.717) is 31.5 Å². The van der Waals surface area contributed by atoms with Crippen molar-refractivity contribution in [3.63, 3.8) is 0 Å². The molecule has 2 aromatic heterocycles. The van der Waals surface area contributed by atoms with Gasteiger partial charge in [-0.25, -0.2) is 14.1 Å². The summed E-state index contributed by atoms with van der Waals surface area (Å²) in [7, 11) is 0. The van der Waals surface area contributed by atoms with Crippen molar-refractivity contribution in [2.24, 2.45) is 0 Å². The Hall–Kier alpha value is -2.28. The fraction of sp³-hybridized carbons (Fsp3) is 0.105. The van der Waals surface area contributed by atoms with Crippen LogP contribution in [-0.2, 0) is 6.54 Å². The summed E-state index contributed by atoms with van der Waals surface area (Å²) < 4.78 is 15.3. The standard InChI is InChI=1S/C19H12Cl2FN3OS/c1-10-23-17-18(27-10)16(12-3-5-13(22)6-4-12)24-25(19(17)26)9-11-2-7-14(20)15(21)8-11/h2-8H,9H2,1H3. The van der Waals surface area contributed by atoms with Crippen molar-refractivity contribution < 1.29 is 4.39 Å². The van der Waals surface area contributed by atoms with Gasteiger partial charge in [0.05, 0.1) is 26.3 Å². The number of hydrogen-bond acceptors (Lipinski definition) is 4. The molecule has 2 aromatic carbocycles. The first-order valence-corrected chi connectivity index (χ1v) is 9.58. The van der Waals surface area contributed by atoms with Crippen LogP contribution in [0.25, 0.3) is 21.5 Å². The van der Waals surface area contributed by atoms with Gasteiger partial charge in [-0.3, -0.25) is 4.79 Å². The number of aryl methyl sites for hydroxylation is 1. The third kappa shape index (κ3) is 3.48. The Kier molecular flexibility index (Phi) is 4.72. The maximum Gasteiger partial charge on any atom is 0.294 e. The molecule has 0 spiro atoms. The van der Waals surface area contributed by atoms with E-state index in [2.05, 4.69) is 10.1 Å². The zero-order valence-corrected chi connectivity index (χ0v) is 16.4. The van der Waals surface area contributed by atoms with Crippen LogP contribution in [-0.4, -0.2) is 14.8 Å². The van der Waals surface area contributed by atoms with E-state index in [0.717, 1.165) is 10.6 Å². The second-order valence-electron chi connectivity index (χ2n) is 5.98. The van der Waals surface area contributed by atoms with Gasteiger partial charge in [-0.15, -0.1) is 11.3 Å². The van der Waals surface area contributed by atoms with Gasteiger partial charge in [0, 0.05) is 5.56 Å². The predicted molar refractivity (Wildman–Crippen MR) is 107 cm³/mol. The number of rotatable bonds is 3.